The second-order valence-electron chi connectivity index (χ2n) is 11.2. The number of hydrogen-bond donors (Lipinski definition) is 1. The Balaban J connectivity index is 1.25. The van der Waals surface area contributed by atoms with Gasteiger partial charge in [0.05, 0.1) is 18.2 Å². The fraction of sp³-hybridized carbons (Fsp3) is 0.621. The van der Waals surface area contributed by atoms with E-state index in [1.54, 1.807) is 0 Å². The summed E-state index contributed by atoms with van der Waals surface area (Å²) in [5.41, 5.74) is 5.41. The molecule has 1 aromatic heterocycles. The van der Waals surface area contributed by atoms with Crippen LogP contribution in [0.5, 0.6) is 6.01 Å². The summed E-state index contributed by atoms with van der Waals surface area (Å²) in [5.74, 6) is 1.03. The third kappa shape index (κ3) is 5.31. The number of aromatic nitrogens is 2. The summed E-state index contributed by atoms with van der Waals surface area (Å²) >= 11 is 0. The van der Waals surface area contributed by atoms with Crippen molar-refractivity contribution >= 4 is 5.82 Å². The lowest BCUT2D eigenvalue weighted by Gasteiger charge is -2.39. The lowest BCUT2D eigenvalue weighted by atomic mass is 9.88. The van der Waals surface area contributed by atoms with Gasteiger partial charge in [0.2, 0.25) is 0 Å². The molecule has 196 valence electrons. The molecule has 0 bridgehead atoms. The first kappa shape index (κ1) is 24.6. The number of piperazine rings is 1. The number of nitrogens with one attached hydrogen (secondary N) is 1. The maximum atomic E-state index is 9.26. The standard InChI is InChI=1S/C29H39N7O/c1-34-14-4-7-25(34)20-37-29-32-27-17-24(35-15-11-21-5-2-3-6-22(21)18-35)8-9-26(27)28(33-29)36-16-13-31-23(19-36)10-12-30/h2-3,5-6,23-25,31H,4,7-11,13-20H2,1H3/t23-,24?,25-/m0/s1. The number of nitriles is 1. The molecule has 2 fully saturated rings. The van der Waals surface area contributed by atoms with E-state index in [0.717, 1.165) is 76.5 Å². The number of hydrogen-bond acceptors (Lipinski definition) is 8. The van der Waals surface area contributed by atoms with Gasteiger partial charge in [0.1, 0.15) is 12.4 Å². The largest absolute Gasteiger partial charge is 0.462 e. The van der Waals surface area contributed by atoms with E-state index in [0.29, 0.717) is 31.1 Å². The maximum absolute atomic E-state index is 9.26. The van der Waals surface area contributed by atoms with E-state index in [-0.39, 0.29) is 6.04 Å². The van der Waals surface area contributed by atoms with Crippen molar-refractivity contribution in [2.45, 2.75) is 69.6 Å². The predicted molar refractivity (Wildman–Crippen MR) is 144 cm³/mol. The molecule has 1 aliphatic carbocycles. The number of fused-ring (bicyclic) bond motifs is 2. The van der Waals surface area contributed by atoms with Crippen LogP contribution in [0.25, 0.3) is 0 Å². The van der Waals surface area contributed by atoms with Crippen LogP contribution in [-0.4, -0.2) is 84.3 Å². The van der Waals surface area contributed by atoms with Gasteiger partial charge in [-0.15, -0.1) is 0 Å². The molecule has 0 saturated carbocycles. The molecule has 6 rings (SSSR count). The van der Waals surface area contributed by atoms with Crippen LogP contribution in [0, 0.1) is 11.3 Å². The van der Waals surface area contributed by atoms with Crippen molar-refractivity contribution in [3.63, 3.8) is 0 Å². The van der Waals surface area contributed by atoms with Gasteiger partial charge in [-0.2, -0.15) is 15.2 Å². The van der Waals surface area contributed by atoms with Crippen molar-refractivity contribution in [3.8, 4) is 12.1 Å². The lowest BCUT2D eigenvalue weighted by Crippen LogP contribution is -2.51. The number of benzene rings is 1. The van der Waals surface area contributed by atoms with Gasteiger partial charge in [0, 0.05) is 62.8 Å². The van der Waals surface area contributed by atoms with Crippen LogP contribution in [0.4, 0.5) is 5.82 Å². The first-order valence-electron chi connectivity index (χ1n) is 14.1. The van der Waals surface area contributed by atoms with E-state index in [1.807, 2.05) is 0 Å². The van der Waals surface area contributed by atoms with E-state index in [2.05, 4.69) is 57.4 Å². The minimum atomic E-state index is 0.172. The zero-order valence-electron chi connectivity index (χ0n) is 22.0. The highest BCUT2D eigenvalue weighted by molar-refractivity contribution is 5.52. The van der Waals surface area contributed by atoms with Gasteiger partial charge >= 0.3 is 6.01 Å². The Morgan fingerprint density at radius 2 is 2.00 bits per heavy atom. The molecular formula is C29H39N7O. The highest BCUT2D eigenvalue weighted by atomic mass is 16.5. The van der Waals surface area contributed by atoms with Crippen molar-refractivity contribution in [2.75, 3.05) is 51.3 Å². The minimum absolute atomic E-state index is 0.172. The van der Waals surface area contributed by atoms with Gasteiger partial charge in [-0.05, 0) is 56.8 Å². The summed E-state index contributed by atoms with van der Waals surface area (Å²) < 4.78 is 6.29. The predicted octanol–water partition coefficient (Wildman–Crippen LogP) is 2.56. The molecule has 1 N–H and O–H groups in total. The van der Waals surface area contributed by atoms with E-state index in [4.69, 9.17) is 14.7 Å². The van der Waals surface area contributed by atoms with Crippen molar-refractivity contribution in [1.82, 2.24) is 25.1 Å². The topological polar surface area (TPSA) is 80.5 Å². The van der Waals surface area contributed by atoms with Crippen LogP contribution in [0.3, 0.4) is 0 Å². The normalized spacial score (nSPS) is 26.4. The molecular weight excluding hydrogens is 462 g/mol. The molecule has 1 unspecified atom stereocenters. The zero-order valence-corrected chi connectivity index (χ0v) is 22.0. The third-order valence-electron chi connectivity index (χ3n) is 8.85. The van der Waals surface area contributed by atoms with Crippen molar-refractivity contribution in [3.05, 3.63) is 46.6 Å². The molecule has 3 atom stereocenters. The molecule has 8 nitrogen and oxygen atoms in total. The summed E-state index contributed by atoms with van der Waals surface area (Å²) in [4.78, 5) is 17.4. The van der Waals surface area contributed by atoms with Crippen molar-refractivity contribution in [2.24, 2.45) is 0 Å². The molecule has 4 aliphatic rings. The molecule has 8 heteroatoms. The maximum Gasteiger partial charge on any atom is 0.318 e. The second-order valence-corrected chi connectivity index (χ2v) is 11.2. The van der Waals surface area contributed by atoms with Crippen LogP contribution < -0.4 is 15.0 Å². The molecule has 37 heavy (non-hydrogen) atoms. The number of likely N-dealkylation sites (tertiary alicyclic amines) is 1. The number of anilines is 1. The molecule has 4 heterocycles. The third-order valence-corrected chi connectivity index (χ3v) is 8.85. The van der Waals surface area contributed by atoms with Gasteiger partial charge in [-0.25, -0.2) is 0 Å². The minimum Gasteiger partial charge on any atom is -0.462 e. The van der Waals surface area contributed by atoms with Crippen molar-refractivity contribution in [1.29, 1.82) is 5.26 Å². The summed E-state index contributed by atoms with van der Waals surface area (Å²) in [6, 6.07) is 12.8. The molecule has 1 aromatic carbocycles. The monoisotopic (exact) mass is 501 g/mol. The van der Waals surface area contributed by atoms with E-state index < -0.39 is 0 Å². The average molecular weight is 502 g/mol. The second kappa shape index (κ2) is 10.9. The summed E-state index contributed by atoms with van der Waals surface area (Å²) in [5, 5.41) is 12.7. The van der Waals surface area contributed by atoms with Crippen LogP contribution in [0.15, 0.2) is 24.3 Å². The quantitative estimate of drug-likeness (QED) is 0.647. The van der Waals surface area contributed by atoms with Gasteiger partial charge in [0.25, 0.3) is 0 Å². The van der Waals surface area contributed by atoms with E-state index in [9.17, 15) is 5.26 Å². The zero-order chi connectivity index (χ0) is 25.2. The Labute approximate surface area is 220 Å². The average Bonchev–Trinajstić information content (AvgIpc) is 3.35. The Morgan fingerprint density at radius 3 is 2.84 bits per heavy atom. The van der Waals surface area contributed by atoms with Gasteiger partial charge in [0.15, 0.2) is 0 Å². The van der Waals surface area contributed by atoms with Gasteiger partial charge < -0.3 is 19.9 Å². The summed E-state index contributed by atoms with van der Waals surface area (Å²) in [6.07, 6.45) is 7.10. The Morgan fingerprint density at radius 1 is 1.11 bits per heavy atom. The molecule has 2 saturated heterocycles. The highest BCUT2D eigenvalue weighted by Gasteiger charge is 2.33. The molecule has 2 aromatic rings. The fourth-order valence-electron chi connectivity index (χ4n) is 6.65. The Kier molecular flexibility index (Phi) is 7.27. The van der Waals surface area contributed by atoms with Crippen LogP contribution in [0.1, 0.15) is 48.1 Å². The first-order chi connectivity index (χ1) is 18.2. The van der Waals surface area contributed by atoms with Crippen molar-refractivity contribution < 1.29 is 4.74 Å². The number of nitrogens with zero attached hydrogens (tertiary/aromatic N) is 6. The van der Waals surface area contributed by atoms with Crippen LogP contribution in [-0.2, 0) is 25.8 Å². The summed E-state index contributed by atoms with van der Waals surface area (Å²) in [6.45, 7) is 6.46. The van der Waals surface area contributed by atoms with Gasteiger partial charge in [-0.1, -0.05) is 24.3 Å². The highest BCUT2D eigenvalue weighted by Crippen LogP contribution is 2.34. The fourth-order valence-corrected chi connectivity index (χ4v) is 6.65. The Hall–Kier alpha value is -2.73. The molecule has 3 aliphatic heterocycles. The number of likely N-dealkylation sites (N-methyl/N-ethyl adjacent to an activating group) is 1. The lowest BCUT2D eigenvalue weighted by molar-refractivity contribution is 0.160. The molecule has 0 amide bonds. The van der Waals surface area contributed by atoms with Crippen LogP contribution >= 0.6 is 0 Å². The van der Waals surface area contributed by atoms with E-state index >= 15 is 0 Å². The molecule has 0 radical (unpaired) electrons. The van der Waals surface area contributed by atoms with E-state index in [1.165, 1.54) is 29.5 Å². The Bertz CT molecular complexity index is 1150. The molecule has 0 spiro atoms. The SMILES string of the molecule is CN1CCC[C@H]1COc1nc2c(c(N3CCN[C@@H](CC#N)C3)n1)CCC(N1CCc3ccccc3C1)C2. The first-order valence-corrected chi connectivity index (χ1v) is 14.1. The van der Waals surface area contributed by atoms with Gasteiger partial charge in [-0.3, -0.25) is 4.90 Å². The smallest absolute Gasteiger partial charge is 0.318 e. The summed E-state index contributed by atoms with van der Waals surface area (Å²) in [7, 11) is 2.18. The number of ether oxygens (including phenoxy) is 1. The number of rotatable bonds is 6. The van der Waals surface area contributed by atoms with Crippen LogP contribution in [0.2, 0.25) is 0 Å².